The fourth-order valence-electron chi connectivity index (χ4n) is 1.94. The lowest BCUT2D eigenvalue weighted by Crippen LogP contribution is -2.35. The van der Waals surface area contributed by atoms with Crippen LogP contribution in [0.3, 0.4) is 0 Å². The third kappa shape index (κ3) is 5.81. The van der Waals surface area contributed by atoms with Crippen molar-refractivity contribution in [2.75, 3.05) is 18.5 Å². The van der Waals surface area contributed by atoms with Crippen molar-refractivity contribution in [3.8, 4) is 5.75 Å². The van der Waals surface area contributed by atoms with E-state index in [4.69, 9.17) is 0 Å². The highest BCUT2D eigenvalue weighted by Gasteiger charge is 2.28. The zero-order valence-electron chi connectivity index (χ0n) is 11.1. The third-order valence-corrected chi connectivity index (χ3v) is 2.90. The number of carbonyl (C=O) groups is 1. The fraction of sp³-hybridized carbons (Fsp3) is 0.462. The quantitative estimate of drug-likeness (QED) is 0.895. The Morgan fingerprint density at radius 1 is 1.33 bits per heavy atom. The summed E-state index contributed by atoms with van der Waals surface area (Å²) in [6, 6.07) is 5.61. The van der Waals surface area contributed by atoms with Gasteiger partial charge in [0.15, 0.2) is 6.61 Å². The molecule has 1 aromatic rings. The number of rotatable bonds is 4. The van der Waals surface area contributed by atoms with E-state index in [1.165, 1.54) is 24.3 Å². The van der Waals surface area contributed by atoms with Gasteiger partial charge in [0.25, 0.3) is 0 Å². The van der Waals surface area contributed by atoms with Gasteiger partial charge in [-0.3, -0.25) is 4.79 Å². The van der Waals surface area contributed by atoms with Gasteiger partial charge in [-0.15, -0.1) is 12.4 Å². The Kier molecular flexibility index (Phi) is 6.29. The molecule has 1 atom stereocenters. The van der Waals surface area contributed by atoms with E-state index < -0.39 is 12.8 Å². The van der Waals surface area contributed by atoms with Crippen molar-refractivity contribution in [2.45, 2.75) is 25.1 Å². The van der Waals surface area contributed by atoms with Crippen LogP contribution in [0.25, 0.3) is 0 Å². The van der Waals surface area contributed by atoms with Crippen LogP contribution in [0.15, 0.2) is 24.3 Å². The molecule has 2 N–H and O–H groups in total. The second-order valence-corrected chi connectivity index (χ2v) is 4.57. The van der Waals surface area contributed by atoms with E-state index in [1.807, 2.05) is 0 Å². The molecule has 1 aromatic carbocycles. The number of carbonyl (C=O) groups excluding carboxylic acids is 1. The van der Waals surface area contributed by atoms with Crippen molar-refractivity contribution in [3.05, 3.63) is 24.3 Å². The number of halogens is 4. The van der Waals surface area contributed by atoms with Crippen LogP contribution in [0, 0.1) is 0 Å². The lowest BCUT2D eigenvalue weighted by molar-refractivity contribution is -0.153. The maximum atomic E-state index is 12.0. The molecule has 1 saturated heterocycles. The summed E-state index contributed by atoms with van der Waals surface area (Å²) in [6.45, 7) is -0.507. The molecule has 0 aliphatic carbocycles. The molecule has 118 valence electrons. The van der Waals surface area contributed by atoms with Gasteiger partial charge >= 0.3 is 6.18 Å². The van der Waals surface area contributed by atoms with Crippen LogP contribution >= 0.6 is 12.4 Å². The summed E-state index contributed by atoms with van der Waals surface area (Å²) in [4.78, 5) is 11.8. The lowest BCUT2D eigenvalue weighted by Gasteiger charge is -2.12. The minimum Gasteiger partial charge on any atom is -0.484 e. The van der Waals surface area contributed by atoms with Crippen molar-refractivity contribution in [2.24, 2.45) is 0 Å². The van der Waals surface area contributed by atoms with Crippen LogP contribution in [0.1, 0.15) is 12.8 Å². The molecule has 1 fully saturated rings. The van der Waals surface area contributed by atoms with Crippen LogP contribution in [-0.4, -0.2) is 31.3 Å². The first-order chi connectivity index (χ1) is 9.44. The normalized spacial score (nSPS) is 18.0. The fourth-order valence-corrected chi connectivity index (χ4v) is 1.94. The molecule has 2 rings (SSSR count). The molecule has 1 aliphatic heterocycles. The van der Waals surface area contributed by atoms with Crippen molar-refractivity contribution in [3.63, 3.8) is 0 Å². The molecule has 8 heteroatoms. The molecule has 1 amide bonds. The highest BCUT2D eigenvalue weighted by atomic mass is 35.5. The molecule has 0 unspecified atom stereocenters. The summed E-state index contributed by atoms with van der Waals surface area (Å²) >= 11 is 0. The van der Waals surface area contributed by atoms with E-state index in [0.717, 1.165) is 19.4 Å². The van der Waals surface area contributed by atoms with E-state index in [2.05, 4.69) is 15.4 Å². The standard InChI is InChI=1S/C13H15F3N2O2.ClH/c14-13(15,16)8-20-10-5-3-9(4-6-10)18-12(19)11-2-1-7-17-11;/h3-6,11,17H,1-2,7-8H2,(H,18,19);1H/t11-;/m1./s1. The van der Waals surface area contributed by atoms with Gasteiger partial charge in [0.1, 0.15) is 5.75 Å². The van der Waals surface area contributed by atoms with Crippen LogP contribution in [0.2, 0.25) is 0 Å². The van der Waals surface area contributed by atoms with E-state index in [-0.39, 0.29) is 30.1 Å². The summed E-state index contributed by atoms with van der Waals surface area (Å²) in [6.07, 6.45) is -2.61. The SMILES string of the molecule is Cl.O=C(Nc1ccc(OCC(F)(F)F)cc1)[C@H]1CCCN1. The number of ether oxygens (including phenoxy) is 1. The molecule has 0 aromatic heterocycles. The van der Waals surface area contributed by atoms with Gasteiger partial charge in [0.2, 0.25) is 5.91 Å². The molecule has 21 heavy (non-hydrogen) atoms. The van der Waals surface area contributed by atoms with Gasteiger partial charge in [-0.25, -0.2) is 0 Å². The predicted molar refractivity (Wildman–Crippen MR) is 74.9 cm³/mol. The number of nitrogens with one attached hydrogen (secondary N) is 2. The van der Waals surface area contributed by atoms with Crippen molar-refractivity contribution >= 4 is 24.0 Å². The number of amides is 1. The Labute approximate surface area is 126 Å². The van der Waals surface area contributed by atoms with Gasteiger partial charge in [-0.1, -0.05) is 0 Å². The number of alkyl halides is 3. The van der Waals surface area contributed by atoms with Gasteiger partial charge in [0.05, 0.1) is 6.04 Å². The molecular weight excluding hydrogens is 309 g/mol. The zero-order valence-corrected chi connectivity index (χ0v) is 11.9. The number of hydrogen-bond donors (Lipinski definition) is 2. The molecule has 1 aliphatic rings. The minimum atomic E-state index is -4.36. The van der Waals surface area contributed by atoms with Crippen molar-refractivity contribution in [1.29, 1.82) is 0 Å². The molecule has 0 radical (unpaired) electrons. The maximum Gasteiger partial charge on any atom is 0.422 e. The molecular formula is C13H16ClF3N2O2. The van der Waals surface area contributed by atoms with Gasteiger partial charge in [-0.05, 0) is 43.7 Å². The highest BCUT2D eigenvalue weighted by molar-refractivity contribution is 5.95. The summed E-state index contributed by atoms with van der Waals surface area (Å²) in [5, 5.41) is 5.77. The minimum absolute atomic E-state index is 0. The molecule has 4 nitrogen and oxygen atoms in total. The first kappa shape index (κ1) is 17.6. The van der Waals surface area contributed by atoms with E-state index in [0.29, 0.717) is 5.69 Å². The number of anilines is 1. The van der Waals surface area contributed by atoms with Crippen LogP contribution in [0.5, 0.6) is 5.75 Å². The summed E-state index contributed by atoms with van der Waals surface area (Å²) in [5.41, 5.74) is 0.531. The second-order valence-electron chi connectivity index (χ2n) is 4.57. The van der Waals surface area contributed by atoms with Crippen LogP contribution in [0.4, 0.5) is 18.9 Å². The Hall–Kier alpha value is -1.47. The van der Waals surface area contributed by atoms with Crippen LogP contribution < -0.4 is 15.4 Å². The molecule has 0 spiro atoms. The largest absolute Gasteiger partial charge is 0.484 e. The Balaban J connectivity index is 0.00000220. The topological polar surface area (TPSA) is 50.4 Å². The van der Waals surface area contributed by atoms with Gasteiger partial charge < -0.3 is 15.4 Å². The van der Waals surface area contributed by atoms with Gasteiger partial charge in [0, 0.05) is 5.69 Å². The summed E-state index contributed by atoms with van der Waals surface area (Å²) in [7, 11) is 0. The highest BCUT2D eigenvalue weighted by Crippen LogP contribution is 2.20. The first-order valence-corrected chi connectivity index (χ1v) is 6.28. The molecule has 0 bridgehead atoms. The average Bonchev–Trinajstić information content (AvgIpc) is 2.91. The van der Waals surface area contributed by atoms with E-state index >= 15 is 0 Å². The van der Waals surface area contributed by atoms with Crippen molar-refractivity contribution < 1.29 is 22.7 Å². The Morgan fingerprint density at radius 2 is 2.00 bits per heavy atom. The molecule has 1 heterocycles. The predicted octanol–water partition coefficient (Wildman–Crippen LogP) is 2.74. The number of benzene rings is 1. The smallest absolute Gasteiger partial charge is 0.422 e. The third-order valence-electron chi connectivity index (χ3n) is 2.90. The monoisotopic (exact) mass is 324 g/mol. The molecule has 0 saturated carbocycles. The second kappa shape index (κ2) is 7.51. The summed E-state index contributed by atoms with van der Waals surface area (Å²) < 4.78 is 40.5. The zero-order chi connectivity index (χ0) is 14.6. The van der Waals surface area contributed by atoms with E-state index in [9.17, 15) is 18.0 Å². The Bertz CT molecular complexity index is 459. The maximum absolute atomic E-state index is 12.0. The average molecular weight is 325 g/mol. The first-order valence-electron chi connectivity index (χ1n) is 6.28. The van der Waals surface area contributed by atoms with Crippen LogP contribution in [-0.2, 0) is 4.79 Å². The number of hydrogen-bond acceptors (Lipinski definition) is 3. The summed E-state index contributed by atoms with van der Waals surface area (Å²) in [5.74, 6) is -0.0224. The van der Waals surface area contributed by atoms with Crippen molar-refractivity contribution in [1.82, 2.24) is 5.32 Å². The van der Waals surface area contributed by atoms with Gasteiger partial charge in [-0.2, -0.15) is 13.2 Å². The Morgan fingerprint density at radius 3 is 2.52 bits per heavy atom. The lowest BCUT2D eigenvalue weighted by atomic mass is 10.2. The van der Waals surface area contributed by atoms with E-state index in [1.54, 1.807) is 0 Å².